The normalized spacial score (nSPS) is 25.4. The van der Waals surface area contributed by atoms with Crippen LogP contribution in [0.15, 0.2) is 21.7 Å². The summed E-state index contributed by atoms with van der Waals surface area (Å²) in [6.45, 7) is 4.77. The van der Waals surface area contributed by atoms with Gasteiger partial charge in [-0.3, -0.25) is 5.01 Å². The molecule has 1 saturated heterocycles. The maximum absolute atomic E-state index is 5.41. The van der Waals surface area contributed by atoms with E-state index in [0.29, 0.717) is 18.9 Å². The summed E-state index contributed by atoms with van der Waals surface area (Å²) in [6, 6.07) is 4.91. The Balaban J connectivity index is 1.81. The highest BCUT2D eigenvalue weighted by Crippen LogP contribution is 2.36. The van der Waals surface area contributed by atoms with Gasteiger partial charge in [0.15, 0.2) is 11.5 Å². The quantitative estimate of drug-likeness (QED) is 0.769. The van der Waals surface area contributed by atoms with Gasteiger partial charge in [0.1, 0.15) is 0 Å². The summed E-state index contributed by atoms with van der Waals surface area (Å²) in [5.74, 6) is 1.57. The Bertz CT molecular complexity index is 523. The molecule has 0 unspecified atom stereocenters. The van der Waals surface area contributed by atoms with E-state index in [1.54, 1.807) is 0 Å². The largest absolute Gasteiger partial charge is 0.454 e. The third-order valence-corrected chi connectivity index (χ3v) is 4.66. The number of ether oxygens (including phenoxy) is 2. The van der Waals surface area contributed by atoms with Crippen molar-refractivity contribution >= 4 is 22.1 Å². The topological polar surface area (TPSA) is 34.1 Å². The molecule has 1 aromatic rings. The van der Waals surface area contributed by atoms with Crippen molar-refractivity contribution in [3.05, 3.63) is 22.2 Å². The minimum atomic E-state index is 0.294. The second kappa shape index (κ2) is 5.64. The van der Waals surface area contributed by atoms with Crippen LogP contribution in [0, 0.1) is 0 Å². The average Bonchev–Trinajstić information content (AvgIpc) is 2.85. The van der Waals surface area contributed by atoms with Crippen molar-refractivity contribution in [2.75, 3.05) is 6.79 Å². The molecule has 0 bridgehead atoms. The van der Waals surface area contributed by atoms with Gasteiger partial charge in [-0.05, 0) is 61.2 Å². The second-order valence-corrected chi connectivity index (χ2v) is 6.33. The molecule has 5 heteroatoms. The zero-order chi connectivity index (χ0) is 14.1. The van der Waals surface area contributed by atoms with Crippen LogP contribution in [-0.4, -0.2) is 30.1 Å². The number of benzene rings is 1. The number of piperidine rings is 1. The zero-order valence-corrected chi connectivity index (χ0v) is 13.4. The van der Waals surface area contributed by atoms with Gasteiger partial charge >= 0.3 is 0 Å². The summed E-state index contributed by atoms with van der Waals surface area (Å²) in [5, 5.41) is 6.89. The summed E-state index contributed by atoms with van der Waals surface area (Å²) in [7, 11) is 0. The Morgan fingerprint density at radius 1 is 1.20 bits per heavy atom. The van der Waals surface area contributed by atoms with Crippen LogP contribution < -0.4 is 9.47 Å². The number of hydrogen-bond donors (Lipinski definition) is 0. The molecule has 20 heavy (non-hydrogen) atoms. The predicted molar refractivity (Wildman–Crippen MR) is 82.5 cm³/mol. The monoisotopic (exact) mass is 338 g/mol. The van der Waals surface area contributed by atoms with Crippen molar-refractivity contribution in [1.82, 2.24) is 5.01 Å². The molecular formula is C15H19BrN2O2. The lowest BCUT2D eigenvalue weighted by atomic mass is 10.00. The lowest BCUT2D eigenvalue weighted by Gasteiger charge is -2.36. The maximum atomic E-state index is 5.41. The lowest BCUT2D eigenvalue weighted by Crippen LogP contribution is -2.39. The second-order valence-electron chi connectivity index (χ2n) is 5.48. The lowest BCUT2D eigenvalue weighted by molar-refractivity contribution is 0.109. The number of hydrogen-bond acceptors (Lipinski definition) is 4. The maximum Gasteiger partial charge on any atom is 0.231 e. The molecule has 0 N–H and O–H groups in total. The van der Waals surface area contributed by atoms with Crippen LogP contribution >= 0.6 is 15.9 Å². The Kier molecular flexibility index (Phi) is 3.87. The van der Waals surface area contributed by atoms with E-state index in [1.165, 1.54) is 19.3 Å². The standard InChI is InChI=1S/C15H19BrN2O2/c1-10-4-3-5-11(2)18(10)17-8-12-6-14-15(7-13(12)16)20-9-19-14/h6-8,10-11H,3-5,9H2,1-2H3/b17-8-/t10-,11-/m1/s1. The zero-order valence-electron chi connectivity index (χ0n) is 11.8. The smallest absolute Gasteiger partial charge is 0.231 e. The molecule has 1 aromatic carbocycles. The summed E-state index contributed by atoms with van der Waals surface area (Å²) >= 11 is 3.56. The van der Waals surface area contributed by atoms with Gasteiger partial charge in [0, 0.05) is 22.1 Å². The van der Waals surface area contributed by atoms with E-state index in [-0.39, 0.29) is 0 Å². The first-order chi connectivity index (χ1) is 9.65. The van der Waals surface area contributed by atoms with E-state index >= 15 is 0 Å². The molecule has 2 atom stereocenters. The van der Waals surface area contributed by atoms with Gasteiger partial charge in [0.25, 0.3) is 0 Å². The minimum Gasteiger partial charge on any atom is -0.454 e. The Morgan fingerprint density at radius 3 is 2.55 bits per heavy atom. The minimum absolute atomic E-state index is 0.294. The van der Waals surface area contributed by atoms with E-state index in [2.05, 4.69) is 39.9 Å². The van der Waals surface area contributed by atoms with Crippen molar-refractivity contribution in [2.24, 2.45) is 5.10 Å². The van der Waals surface area contributed by atoms with Crippen LogP contribution in [0.2, 0.25) is 0 Å². The van der Waals surface area contributed by atoms with E-state index in [1.807, 2.05) is 18.3 Å². The van der Waals surface area contributed by atoms with Gasteiger partial charge in [0.2, 0.25) is 6.79 Å². The van der Waals surface area contributed by atoms with Crippen molar-refractivity contribution in [3.8, 4) is 11.5 Å². The third-order valence-electron chi connectivity index (χ3n) is 3.97. The molecule has 108 valence electrons. The Hall–Kier alpha value is -1.23. The van der Waals surface area contributed by atoms with Gasteiger partial charge in [-0.2, -0.15) is 5.10 Å². The molecule has 0 amide bonds. The van der Waals surface area contributed by atoms with Crippen molar-refractivity contribution in [1.29, 1.82) is 0 Å². The number of rotatable bonds is 2. The first-order valence-electron chi connectivity index (χ1n) is 7.06. The fourth-order valence-corrected chi connectivity index (χ4v) is 3.22. The molecule has 0 saturated carbocycles. The van der Waals surface area contributed by atoms with Gasteiger partial charge in [-0.25, -0.2) is 0 Å². The van der Waals surface area contributed by atoms with Crippen LogP contribution in [0.25, 0.3) is 0 Å². The van der Waals surface area contributed by atoms with E-state index in [4.69, 9.17) is 9.47 Å². The molecule has 0 aliphatic carbocycles. The van der Waals surface area contributed by atoms with E-state index in [0.717, 1.165) is 21.5 Å². The molecule has 2 heterocycles. The number of hydrazone groups is 1. The SMILES string of the molecule is C[C@@H]1CCC[C@@H](C)N1/N=C\c1cc2c(cc1Br)OCO2. The van der Waals surface area contributed by atoms with Crippen LogP contribution in [0.1, 0.15) is 38.7 Å². The van der Waals surface area contributed by atoms with Gasteiger partial charge in [0.05, 0.1) is 6.21 Å². The van der Waals surface area contributed by atoms with Crippen molar-refractivity contribution < 1.29 is 9.47 Å². The molecule has 4 nitrogen and oxygen atoms in total. The first-order valence-corrected chi connectivity index (χ1v) is 7.86. The number of fused-ring (bicyclic) bond motifs is 1. The Morgan fingerprint density at radius 2 is 1.85 bits per heavy atom. The predicted octanol–water partition coefficient (Wildman–Crippen LogP) is 3.77. The highest BCUT2D eigenvalue weighted by atomic mass is 79.9. The molecular weight excluding hydrogens is 320 g/mol. The van der Waals surface area contributed by atoms with Crippen molar-refractivity contribution in [2.45, 2.75) is 45.2 Å². The average molecular weight is 339 g/mol. The molecule has 0 aromatic heterocycles. The fourth-order valence-electron chi connectivity index (χ4n) is 2.80. The highest BCUT2D eigenvalue weighted by Gasteiger charge is 2.23. The van der Waals surface area contributed by atoms with Gasteiger partial charge in [-0.1, -0.05) is 0 Å². The number of halogens is 1. The molecule has 0 radical (unpaired) electrons. The van der Waals surface area contributed by atoms with Crippen LogP contribution in [0.4, 0.5) is 0 Å². The van der Waals surface area contributed by atoms with Crippen molar-refractivity contribution in [3.63, 3.8) is 0 Å². The van der Waals surface area contributed by atoms with Gasteiger partial charge in [-0.15, -0.1) is 0 Å². The van der Waals surface area contributed by atoms with Gasteiger partial charge < -0.3 is 9.47 Å². The summed E-state index contributed by atoms with van der Waals surface area (Å²) < 4.78 is 11.7. The summed E-state index contributed by atoms with van der Waals surface area (Å²) in [4.78, 5) is 0. The summed E-state index contributed by atoms with van der Waals surface area (Å²) in [6.07, 6.45) is 5.63. The van der Waals surface area contributed by atoms with Crippen LogP contribution in [0.5, 0.6) is 11.5 Å². The molecule has 0 spiro atoms. The molecule has 2 aliphatic rings. The van der Waals surface area contributed by atoms with Crippen LogP contribution in [-0.2, 0) is 0 Å². The molecule has 3 rings (SSSR count). The third kappa shape index (κ3) is 2.64. The fraction of sp³-hybridized carbons (Fsp3) is 0.533. The molecule has 2 aliphatic heterocycles. The molecule has 1 fully saturated rings. The van der Waals surface area contributed by atoms with E-state index in [9.17, 15) is 0 Å². The highest BCUT2D eigenvalue weighted by molar-refractivity contribution is 9.10. The Labute approximate surface area is 127 Å². The van der Waals surface area contributed by atoms with E-state index < -0.39 is 0 Å². The summed E-state index contributed by atoms with van der Waals surface area (Å²) in [5.41, 5.74) is 1.01. The first kappa shape index (κ1) is 13.7. The van der Waals surface area contributed by atoms with Crippen LogP contribution in [0.3, 0.4) is 0 Å². The number of nitrogens with zero attached hydrogens (tertiary/aromatic N) is 2.